The lowest BCUT2D eigenvalue weighted by molar-refractivity contribution is -0.132. The molecule has 4 aromatic rings. The molecular formula is C32H29ClF2N4O2S. The molecule has 1 saturated heterocycles. The number of para-hydroxylation sites is 1. The number of likely N-dealkylation sites (tertiary alicyclic amines) is 1. The average molecular weight is 607 g/mol. The van der Waals surface area contributed by atoms with Crippen LogP contribution in [0.5, 0.6) is 0 Å². The number of thioether (sulfide) groups is 1. The molecule has 2 aliphatic rings. The van der Waals surface area contributed by atoms with Crippen molar-refractivity contribution in [1.82, 2.24) is 14.7 Å². The summed E-state index contributed by atoms with van der Waals surface area (Å²) in [5, 5.41) is 4.66. The zero-order chi connectivity index (χ0) is 29.4. The first-order chi connectivity index (χ1) is 20.3. The van der Waals surface area contributed by atoms with Gasteiger partial charge in [-0.2, -0.15) is 5.10 Å². The van der Waals surface area contributed by atoms with Crippen molar-refractivity contribution in [2.45, 2.75) is 25.0 Å². The molecule has 10 heteroatoms. The predicted octanol–water partition coefficient (Wildman–Crippen LogP) is 6.90. The number of amides is 2. The molecule has 0 radical (unpaired) electrons. The molecule has 0 spiro atoms. The quantitative estimate of drug-likeness (QED) is 0.248. The Hall–Kier alpha value is -3.69. The standard InChI is InChI=1S/C32H29ClF2N4O2S/c1-20-13-15-37(16-14-20)27(40)18-38-28(41)19-42-31(23-12-11-22(34)17-25(23)35)29-30(21-7-3-2-4-8-21)36-39(32(29)38)26-10-6-5-9-24(26)33/h2-12,17,20,31H,13-16,18-19H2,1H3. The van der Waals surface area contributed by atoms with E-state index < -0.39 is 16.9 Å². The zero-order valence-electron chi connectivity index (χ0n) is 23.0. The summed E-state index contributed by atoms with van der Waals surface area (Å²) in [5.74, 6) is -1.00. The largest absolute Gasteiger partial charge is 0.341 e. The zero-order valence-corrected chi connectivity index (χ0v) is 24.5. The molecule has 2 aliphatic heterocycles. The summed E-state index contributed by atoms with van der Waals surface area (Å²) >= 11 is 7.90. The highest BCUT2D eigenvalue weighted by Gasteiger charge is 2.39. The Bertz CT molecular complexity index is 1640. The molecule has 2 amide bonds. The summed E-state index contributed by atoms with van der Waals surface area (Å²) in [6.45, 7) is 3.24. The van der Waals surface area contributed by atoms with Crippen LogP contribution in [-0.4, -0.2) is 51.9 Å². The van der Waals surface area contributed by atoms with Crippen molar-refractivity contribution in [2.75, 3.05) is 30.3 Å². The number of piperidine rings is 1. The van der Waals surface area contributed by atoms with Crippen molar-refractivity contribution in [2.24, 2.45) is 5.92 Å². The van der Waals surface area contributed by atoms with Gasteiger partial charge in [-0.3, -0.25) is 14.5 Å². The smallest absolute Gasteiger partial charge is 0.242 e. The monoisotopic (exact) mass is 606 g/mol. The summed E-state index contributed by atoms with van der Waals surface area (Å²) in [5.41, 5.74) is 2.57. The number of benzene rings is 3. The summed E-state index contributed by atoms with van der Waals surface area (Å²) in [6.07, 6.45) is 1.81. The fourth-order valence-corrected chi connectivity index (χ4v) is 7.01. The first-order valence-corrected chi connectivity index (χ1v) is 15.3. The topological polar surface area (TPSA) is 58.4 Å². The third kappa shape index (κ3) is 5.43. The second kappa shape index (κ2) is 11.9. The fourth-order valence-electron chi connectivity index (χ4n) is 5.57. The second-order valence-electron chi connectivity index (χ2n) is 10.7. The number of rotatable bonds is 5. The number of nitrogens with zero attached hydrogens (tertiary/aromatic N) is 4. The van der Waals surface area contributed by atoms with Crippen LogP contribution in [-0.2, 0) is 9.59 Å². The first kappa shape index (κ1) is 28.4. The third-order valence-electron chi connectivity index (χ3n) is 7.89. The van der Waals surface area contributed by atoms with Gasteiger partial charge in [0, 0.05) is 35.8 Å². The lowest BCUT2D eigenvalue weighted by Crippen LogP contribution is -2.46. The summed E-state index contributed by atoms with van der Waals surface area (Å²) in [7, 11) is 0. The van der Waals surface area contributed by atoms with E-state index in [0.29, 0.717) is 46.8 Å². The van der Waals surface area contributed by atoms with Gasteiger partial charge in [0.2, 0.25) is 11.8 Å². The number of carbonyl (C=O) groups excluding carboxylic acids is 2. The number of hydrogen-bond acceptors (Lipinski definition) is 4. The van der Waals surface area contributed by atoms with Crippen LogP contribution >= 0.6 is 23.4 Å². The molecule has 0 N–H and O–H groups in total. The highest BCUT2D eigenvalue weighted by atomic mass is 35.5. The Morgan fingerprint density at radius 2 is 1.74 bits per heavy atom. The Morgan fingerprint density at radius 3 is 2.45 bits per heavy atom. The minimum absolute atomic E-state index is 0.0166. The average Bonchev–Trinajstić information content (AvgIpc) is 3.31. The van der Waals surface area contributed by atoms with Crippen molar-refractivity contribution in [1.29, 1.82) is 0 Å². The maximum Gasteiger partial charge on any atom is 0.242 e. The highest BCUT2D eigenvalue weighted by Crippen LogP contribution is 2.49. The molecule has 1 unspecified atom stereocenters. The van der Waals surface area contributed by atoms with Gasteiger partial charge in [-0.25, -0.2) is 13.5 Å². The van der Waals surface area contributed by atoms with Gasteiger partial charge in [0.1, 0.15) is 24.0 Å². The number of hydrogen-bond donors (Lipinski definition) is 0. The second-order valence-corrected chi connectivity index (χ2v) is 12.2. The van der Waals surface area contributed by atoms with Crippen molar-refractivity contribution in [3.63, 3.8) is 0 Å². The van der Waals surface area contributed by atoms with Gasteiger partial charge >= 0.3 is 0 Å². The number of halogens is 3. The van der Waals surface area contributed by atoms with Crippen LogP contribution in [0.15, 0.2) is 72.8 Å². The maximum absolute atomic E-state index is 15.4. The molecule has 42 heavy (non-hydrogen) atoms. The predicted molar refractivity (Wildman–Crippen MR) is 162 cm³/mol. The summed E-state index contributed by atoms with van der Waals surface area (Å²) < 4.78 is 31.0. The van der Waals surface area contributed by atoms with Gasteiger partial charge in [0.05, 0.1) is 27.4 Å². The molecule has 1 aromatic heterocycles. The molecule has 1 fully saturated rings. The van der Waals surface area contributed by atoms with Crippen LogP contribution in [0, 0.1) is 17.6 Å². The van der Waals surface area contributed by atoms with E-state index >= 15 is 4.39 Å². The molecule has 1 atom stereocenters. The summed E-state index contributed by atoms with van der Waals surface area (Å²) in [6, 6.07) is 20.0. The van der Waals surface area contributed by atoms with Crippen LogP contribution in [0.1, 0.15) is 36.1 Å². The summed E-state index contributed by atoms with van der Waals surface area (Å²) in [4.78, 5) is 30.8. The van der Waals surface area contributed by atoms with E-state index in [0.717, 1.165) is 24.5 Å². The molecule has 6 nitrogen and oxygen atoms in total. The lowest BCUT2D eigenvalue weighted by atomic mass is 9.98. The minimum Gasteiger partial charge on any atom is -0.341 e. The van der Waals surface area contributed by atoms with E-state index in [1.54, 1.807) is 27.8 Å². The van der Waals surface area contributed by atoms with Crippen LogP contribution in [0.2, 0.25) is 5.02 Å². The van der Waals surface area contributed by atoms with E-state index in [1.165, 1.54) is 28.8 Å². The van der Waals surface area contributed by atoms with E-state index in [2.05, 4.69) is 6.92 Å². The van der Waals surface area contributed by atoms with E-state index in [1.807, 2.05) is 36.4 Å². The van der Waals surface area contributed by atoms with Crippen molar-refractivity contribution in [3.8, 4) is 16.9 Å². The molecule has 6 rings (SSSR count). The Balaban J connectivity index is 1.59. The van der Waals surface area contributed by atoms with E-state index in [-0.39, 0.29) is 29.7 Å². The molecule has 0 bridgehead atoms. The third-order valence-corrected chi connectivity index (χ3v) is 9.45. The molecule has 3 heterocycles. The van der Waals surface area contributed by atoms with Crippen LogP contribution < -0.4 is 4.90 Å². The Labute approximate surface area is 252 Å². The number of fused-ring (bicyclic) bond motifs is 1. The van der Waals surface area contributed by atoms with Gasteiger partial charge in [0.25, 0.3) is 0 Å². The van der Waals surface area contributed by atoms with Crippen LogP contribution in [0.25, 0.3) is 16.9 Å². The van der Waals surface area contributed by atoms with Gasteiger partial charge < -0.3 is 4.90 Å². The van der Waals surface area contributed by atoms with E-state index in [9.17, 15) is 14.0 Å². The minimum atomic E-state index is -0.720. The van der Waals surface area contributed by atoms with E-state index in [4.69, 9.17) is 16.7 Å². The maximum atomic E-state index is 15.4. The van der Waals surface area contributed by atoms with Gasteiger partial charge in [-0.05, 0) is 37.0 Å². The molecule has 0 saturated carbocycles. The van der Waals surface area contributed by atoms with Gasteiger partial charge in [-0.1, -0.05) is 67.1 Å². The van der Waals surface area contributed by atoms with Gasteiger partial charge in [0.15, 0.2) is 0 Å². The van der Waals surface area contributed by atoms with Crippen molar-refractivity contribution >= 4 is 41.0 Å². The Morgan fingerprint density at radius 1 is 1.02 bits per heavy atom. The fraction of sp³-hybridized carbons (Fsp3) is 0.281. The van der Waals surface area contributed by atoms with Crippen LogP contribution in [0.3, 0.4) is 0 Å². The normalized spacial score (nSPS) is 17.7. The van der Waals surface area contributed by atoms with Crippen molar-refractivity contribution < 1.29 is 18.4 Å². The first-order valence-electron chi connectivity index (χ1n) is 13.9. The number of carbonyl (C=O) groups is 2. The van der Waals surface area contributed by atoms with Gasteiger partial charge in [-0.15, -0.1) is 11.8 Å². The number of aromatic nitrogens is 2. The number of anilines is 1. The van der Waals surface area contributed by atoms with Crippen molar-refractivity contribution in [3.05, 3.63) is 101 Å². The SMILES string of the molecule is CC1CCN(C(=O)CN2C(=O)CSC(c3ccc(F)cc3F)c3c(-c4ccccc4)nn(-c4ccccc4Cl)c32)CC1. The molecule has 216 valence electrons. The molecule has 3 aromatic carbocycles. The molecular weight excluding hydrogens is 578 g/mol. The van der Waals surface area contributed by atoms with Crippen LogP contribution in [0.4, 0.5) is 14.6 Å². The Kier molecular flexibility index (Phi) is 8.05. The highest BCUT2D eigenvalue weighted by molar-refractivity contribution is 8.00. The molecule has 0 aliphatic carbocycles. The lowest BCUT2D eigenvalue weighted by Gasteiger charge is -2.32.